The van der Waals surface area contributed by atoms with Crippen LogP contribution in [-0.2, 0) is 11.3 Å². The van der Waals surface area contributed by atoms with Crippen molar-refractivity contribution in [2.45, 2.75) is 6.54 Å². The number of carbonyl (C=O) groups is 1. The van der Waals surface area contributed by atoms with Gasteiger partial charge in [-0.3, -0.25) is 0 Å². The highest BCUT2D eigenvalue weighted by atomic mass is 79.9. The van der Waals surface area contributed by atoms with Crippen LogP contribution in [0.4, 0.5) is 0 Å². The zero-order chi connectivity index (χ0) is 10.6. The van der Waals surface area contributed by atoms with E-state index < -0.39 is 5.97 Å². The first-order chi connectivity index (χ1) is 6.61. The van der Waals surface area contributed by atoms with Crippen LogP contribution in [0.5, 0.6) is 5.75 Å². The molecule has 0 radical (unpaired) electrons. The molecule has 0 amide bonds. The van der Waals surface area contributed by atoms with Crippen molar-refractivity contribution in [3.63, 3.8) is 0 Å². The predicted octanol–water partition coefficient (Wildman–Crippen LogP) is 1.37. The minimum Gasteiger partial charge on any atom is -0.482 e. The van der Waals surface area contributed by atoms with Gasteiger partial charge in [-0.25, -0.2) is 4.79 Å². The van der Waals surface area contributed by atoms with Crippen LogP contribution < -0.4 is 10.5 Å². The first kappa shape index (κ1) is 11.0. The number of halogens is 1. The second-order valence-corrected chi connectivity index (χ2v) is 3.60. The average molecular weight is 260 g/mol. The summed E-state index contributed by atoms with van der Waals surface area (Å²) in [5.74, 6) is -0.499. The Hall–Kier alpha value is -1.07. The summed E-state index contributed by atoms with van der Waals surface area (Å²) in [6.07, 6.45) is 0. The number of hydrogen-bond acceptors (Lipinski definition) is 3. The molecule has 0 atom stereocenters. The fourth-order valence-corrected chi connectivity index (χ4v) is 1.49. The lowest BCUT2D eigenvalue weighted by Gasteiger charge is -2.05. The molecule has 0 unspecified atom stereocenters. The Labute approximate surface area is 89.8 Å². The molecule has 1 rings (SSSR count). The van der Waals surface area contributed by atoms with E-state index in [0.29, 0.717) is 12.3 Å². The molecule has 0 aliphatic heterocycles. The molecule has 1 aromatic rings. The maximum Gasteiger partial charge on any atom is 0.341 e. The third-order valence-electron chi connectivity index (χ3n) is 1.53. The lowest BCUT2D eigenvalue weighted by atomic mass is 10.2. The van der Waals surface area contributed by atoms with E-state index in [0.717, 1.165) is 10.0 Å². The topological polar surface area (TPSA) is 72.5 Å². The Morgan fingerprint density at radius 3 is 2.79 bits per heavy atom. The number of carboxylic acids is 1. The number of rotatable bonds is 4. The van der Waals surface area contributed by atoms with Crippen molar-refractivity contribution in [3.05, 3.63) is 28.2 Å². The Morgan fingerprint density at radius 1 is 1.50 bits per heavy atom. The number of nitrogens with two attached hydrogens (primary N) is 1. The molecule has 0 aliphatic carbocycles. The van der Waals surface area contributed by atoms with Gasteiger partial charge in [-0.1, -0.05) is 15.9 Å². The van der Waals surface area contributed by atoms with Gasteiger partial charge in [-0.05, 0) is 23.8 Å². The van der Waals surface area contributed by atoms with Crippen molar-refractivity contribution in [3.8, 4) is 5.75 Å². The van der Waals surface area contributed by atoms with Crippen LogP contribution in [0.3, 0.4) is 0 Å². The monoisotopic (exact) mass is 259 g/mol. The Kier molecular flexibility index (Phi) is 3.91. The molecule has 0 saturated carbocycles. The highest BCUT2D eigenvalue weighted by Gasteiger charge is 2.02. The highest BCUT2D eigenvalue weighted by molar-refractivity contribution is 9.10. The van der Waals surface area contributed by atoms with Crippen LogP contribution in [-0.4, -0.2) is 17.7 Å². The van der Waals surface area contributed by atoms with E-state index in [9.17, 15) is 4.79 Å². The van der Waals surface area contributed by atoms with Gasteiger partial charge >= 0.3 is 5.97 Å². The van der Waals surface area contributed by atoms with Gasteiger partial charge < -0.3 is 15.6 Å². The van der Waals surface area contributed by atoms with Crippen LogP contribution in [0.25, 0.3) is 0 Å². The van der Waals surface area contributed by atoms with Crippen LogP contribution in [0.15, 0.2) is 22.7 Å². The van der Waals surface area contributed by atoms with Gasteiger partial charge in [0.25, 0.3) is 0 Å². The van der Waals surface area contributed by atoms with Crippen molar-refractivity contribution in [1.82, 2.24) is 0 Å². The quantitative estimate of drug-likeness (QED) is 0.857. The molecular formula is C9H10BrNO3. The van der Waals surface area contributed by atoms with Crippen molar-refractivity contribution in [1.29, 1.82) is 0 Å². The van der Waals surface area contributed by atoms with E-state index in [1.54, 1.807) is 12.1 Å². The molecule has 1 aromatic carbocycles. The van der Waals surface area contributed by atoms with E-state index in [1.807, 2.05) is 6.07 Å². The van der Waals surface area contributed by atoms with Gasteiger partial charge in [0.2, 0.25) is 0 Å². The van der Waals surface area contributed by atoms with E-state index in [1.165, 1.54) is 0 Å². The van der Waals surface area contributed by atoms with Crippen LogP contribution in [0.2, 0.25) is 0 Å². The summed E-state index contributed by atoms with van der Waals surface area (Å²) in [4.78, 5) is 10.3. The number of benzene rings is 1. The third-order valence-corrected chi connectivity index (χ3v) is 1.99. The Bertz CT molecular complexity index is 341. The smallest absolute Gasteiger partial charge is 0.341 e. The summed E-state index contributed by atoms with van der Waals surface area (Å²) in [5, 5.41) is 8.41. The van der Waals surface area contributed by atoms with Gasteiger partial charge in [0.05, 0.1) is 0 Å². The first-order valence-corrected chi connectivity index (χ1v) is 4.75. The summed E-state index contributed by atoms with van der Waals surface area (Å²) in [7, 11) is 0. The number of aliphatic carboxylic acids is 1. The standard InChI is InChI=1S/C9H10BrNO3/c10-7-1-6(4-11)2-8(3-7)14-5-9(12)13/h1-3H,4-5,11H2,(H,12,13). The summed E-state index contributed by atoms with van der Waals surface area (Å²) in [5.41, 5.74) is 6.34. The fraction of sp³-hybridized carbons (Fsp3) is 0.222. The van der Waals surface area contributed by atoms with E-state index in [4.69, 9.17) is 15.6 Å². The number of ether oxygens (including phenoxy) is 1. The lowest BCUT2D eigenvalue weighted by molar-refractivity contribution is -0.139. The Balaban J connectivity index is 2.76. The van der Waals surface area contributed by atoms with Gasteiger partial charge in [-0.2, -0.15) is 0 Å². The van der Waals surface area contributed by atoms with Crippen molar-refractivity contribution in [2.75, 3.05) is 6.61 Å². The van der Waals surface area contributed by atoms with Crippen LogP contribution in [0, 0.1) is 0 Å². The summed E-state index contributed by atoms with van der Waals surface area (Å²) in [6.45, 7) is 0.0450. The van der Waals surface area contributed by atoms with Gasteiger partial charge in [0.15, 0.2) is 6.61 Å². The van der Waals surface area contributed by atoms with E-state index in [-0.39, 0.29) is 6.61 Å². The molecule has 0 aliphatic rings. The van der Waals surface area contributed by atoms with E-state index >= 15 is 0 Å². The predicted molar refractivity (Wildman–Crippen MR) is 55.2 cm³/mol. The van der Waals surface area contributed by atoms with Gasteiger partial charge in [0, 0.05) is 11.0 Å². The number of carboxylic acid groups (broad SMARTS) is 1. The van der Waals surface area contributed by atoms with Gasteiger partial charge in [0.1, 0.15) is 5.75 Å². The average Bonchev–Trinajstić information content (AvgIpc) is 2.14. The summed E-state index contributed by atoms with van der Waals surface area (Å²) < 4.78 is 5.83. The maximum absolute atomic E-state index is 10.3. The molecule has 3 N–H and O–H groups in total. The Morgan fingerprint density at radius 2 is 2.21 bits per heavy atom. The van der Waals surface area contributed by atoms with Crippen molar-refractivity contribution in [2.24, 2.45) is 5.73 Å². The zero-order valence-corrected chi connectivity index (χ0v) is 8.95. The molecule has 0 aromatic heterocycles. The van der Waals surface area contributed by atoms with Crippen LogP contribution >= 0.6 is 15.9 Å². The first-order valence-electron chi connectivity index (χ1n) is 3.96. The minimum atomic E-state index is -1.00. The zero-order valence-electron chi connectivity index (χ0n) is 7.37. The molecule has 0 heterocycles. The van der Waals surface area contributed by atoms with Crippen LogP contribution in [0.1, 0.15) is 5.56 Å². The SMILES string of the molecule is NCc1cc(Br)cc(OCC(=O)O)c1. The molecule has 0 saturated heterocycles. The van der Waals surface area contributed by atoms with Crippen molar-refractivity contribution < 1.29 is 14.6 Å². The van der Waals surface area contributed by atoms with Gasteiger partial charge in [-0.15, -0.1) is 0 Å². The lowest BCUT2D eigenvalue weighted by Crippen LogP contribution is -2.09. The molecule has 0 spiro atoms. The molecule has 14 heavy (non-hydrogen) atoms. The fourth-order valence-electron chi connectivity index (χ4n) is 0.967. The second-order valence-electron chi connectivity index (χ2n) is 2.68. The second kappa shape index (κ2) is 4.97. The summed E-state index contributed by atoms with van der Waals surface area (Å²) >= 11 is 3.28. The molecular weight excluding hydrogens is 250 g/mol. The molecule has 0 bridgehead atoms. The largest absolute Gasteiger partial charge is 0.482 e. The third kappa shape index (κ3) is 3.35. The van der Waals surface area contributed by atoms with E-state index in [2.05, 4.69) is 15.9 Å². The summed E-state index contributed by atoms with van der Waals surface area (Å²) in [6, 6.07) is 5.27. The highest BCUT2D eigenvalue weighted by Crippen LogP contribution is 2.21. The minimum absolute atomic E-state index is 0.347. The van der Waals surface area contributed by atoms with Crippen molar-refractivity contribution >= 4 is 21.9 Å². The number of hydrogen-bond donors (Lipinski definition) is 2. The molecule has 0 fully saturated rings. The normalized spacial score (nSPS) is 9.86. The maximum atomic E-state index is 10.3. The molecule has 76 valence electrons. The molecule has 4 nitrogen and oxygen atoms in total. The molecule has 5 heteroatoms.